The van der Waals surface area contributed by atoms with Crippen molar-refractivity contribution in [1.82, 2.24) is 20.2 Å². The Hall–Kier alpha value is -3.35. The molecule has 0 bridgehead atoms. The normalized spacial score (nSPS) is 11.0. The van der Waals surface area contributed by atoms with E-state index in [4.69, 9.17) is 4.42 Å². The molecule has 114 valence electrons. The highest BCUT2D eigenvalue weighted by molar-refractivity contribution is 5.94. The second-order valence-electron chi connectivity index (χ2n) is 5.07. The molecule has 1 aromatic carbocycles. The van der Waals surface area contributed by atoms with Crippen molar-refractivity contribution in [2.24, 2.45) is 0 Å². The lowest BCUT2D eigenvalue weighted by atomic mass is 10.1. The standard InChI is InChI=1S/C16H13N5O2/c22-14(8-10-9-17-12-5-2-1-4-11(10)12)18-16-19-15(20-21-16)13-6-3-7-23-13/h1-7,9,17H,8H2,(H2,18,19,20,21,22). The number of furan rings is 1. The molecule has 3 N–H and O–H groups in total. The molecule has 0 radical (unpaired) electrons. The molecule has 0 aliphatic rings. The van der Waals surface area contributed by atoms with Crippen LogP contribution >= 0.6 is 0 Å². The first-order valence-electron chi connectivity index (χ1n) is 7.11. The highest BCUT2D eigenvalue weighted by atomic mass is 16.3. The van der Waals surface area contributed by atoms with Crippen molar-refractivity contribution in [1.29, 1.82) is 0 Å². The molecule has 0 unspecified atom stereocenters. The largest absolute Gasteiger partial charge is 0.461 e. The zero-order valence-electron chi connectivity index (χ0n) is 12.0. The van der Waals surface area contributed by atoms with E-state index in [2.05, 4.69) is 25.5 Å². The van der Waals surface area contributed by atoms with E-state index in [1.165, 1.54) is 0 Å². The Morgan fingerprint density at radius 3 is 3.00 bits per heavy atom. The number of anilines is 1. The van der Waals surface area contributed by atoms with Crippen LogP contribution in [-0.2, 0) is 11.2 Å². The van der Waals surface area contributed by atoms with E-state index in [-0.39, 0.29) is 18.3 Å². The molecule has 3 heterocycles. The van der Waals surface area contributed by atoms with E-state index in [1.54, 1.807) is 18.4 Å². The molecular formula is C16H13N5O2. The van der Waals surface area contributed by atoms with Gasteiger partial charge in [0, 0.05) is 17.1 Å². The molecule has 23 heavy (non-hydrogen) atoms. The molecule has 4 rings (SSSR count). The number of nitrogens with zero attached hydrogens (tertiary/aromatic N) is 2. The van der Waals surface area contributed by atoms with Gasteiger partial charge in [-0.3, -0.25) is 15.2 Å². The summed E-state index contributed by atoms with van der Waals surface area (Å²) in [5.74, 6) is 1.08. The number of rotatable bonds is 4. The van der Waals surface area contributed by atoms with E-state index in [0.29, 0.717) is 11.6 Å². The molecule has 4 aromatic rings. The Morgan fingerprint density at radius 2 is 2.13 bits per heavy atom. The average Bonchev–Trinajstić information content (AvgIpc) is 3.27. The number of aromatic amines is 2. The van der Waals surface area contributed by atoms with E-state index >= 15 is 0 Å². The lowest BCUT2D eigenvalue weighted by Gasteiger charge is -2.00. The average molecular weight is 307 g/mol. The predicted molar refractivity (Wildman–Crippen MR) is 84.7 cm³/mol. The van der Waals surface area contributed by atoms with Gasteiger partial charge in [0.25, 0.3) is 0 Å². The summed E-state index contributed by atoms with van der Waals surface area (Å²) in [7, 11) is 0. The summed E-state index contributed by atoms with van der Waals surface area (Å²) in [6.45, 7) is 0. The molecule has 7 heteroatoms. The number of carbonyl (C=O) groups is 1. The summed E-state index contributed by atoms with van der Waals surface area (Å²) >= 11 is 0. The highest BCUT2D eigenvalue weighted by Crippen LogP contribution is 2.19. The van der Waals surface area contributed by atoms with Crippen LogP contribution in [0.3, 0.4) is 0 Å². The number of benzene rings is 1. The Balaban J connectivity index is 1.48. The third-order valence-electron chi connectivity index (χ3n) is 3.52. The molecule has 0 saturated carbocycles. The molecular weight excluding hydrogens is 294 g/mol. The Kier molecular flexibility index (Phi) is 3.16. The highest BCUT2D eigenvalue weighted by Gasteiger charge is 2.12. The second kappa shape index (κ2) is 5.45. The number of aromatic nitrogens is 4. The molecule has 0 atom stereocenters. The molecule has 3 aromatic heterocycles. The van der Waals surface area contributed by atoms with Gasteiger partial charge in [-0.1, -0.05) is 18.2 Å². The number of H-pyrrole nitrogens is 2. The molecule has 0 aliphatic carbocycles. The van der Waals surface area contributed by atoms with Gasteiger partial charge < -0.3 is 9.40 Å². The maximum absolute atomic E-state index is 12.2. The van der Waals surface area contributed by atoms with Crippen molar-refractivity contribution in [2.75, 3.05) is 5.32 Å². The number of hydrogen-bond acceptors (Lipinski definition) is 4. The first-order chi connectivity index (χ1) is 11.3. The Morgan fingerprint density at radius 1 is 1.22 bits per heavy atom. The van der Waals surface area contributed by atoms with Crippen LogP contribution in [0.15, 0.2) is 53.3 Å². The zero-order valence-corrected chi connectivity index (χ0v) is 12.0. The lowest BCUT2D eigenvalue weighted by molar-refractivity contribution is -0.115. The molecule has 0 spiro atoms. The number of fused-ring (bicyclic) bond motifs is 1. The minimum absolute atomic E-state index is 0.181. The summed E-state index contributed by atoms with van der Waals surface area (Å²) in [6, 6.07) is 11.4. The van der Waals surface area contributed by atoms with Gasteiger partial charge in [0.1, 0.15) is 0 Å². The van der Waals surface area contributed by atoms with Gasteiger partial charge in [0.05, 0.1) is 12.7 Å². The summed E-state index contributed by atoms with van der Waals surface area (Å²) in [5, 5.41) is 10.4. The monoisotopic (exact) mass is 307 g/mol. The minimum Gasteiger partial charge on any atom is -0.461 e. The van der Waals surface area contributed by atoms with E-state index < -0.39 is 0 Å². The number of nitrogens with one attached hydrogen (secondary N) is 3. The van der Waals surface area contributed by atoms with Crippen molar-refractivity contribution in [3.05, 3.63) is 54.4 Å². The van der Waals surface area contributed by atoms with Crippen LogP contribution in [0.25, 0.3) is 22.5 Å². The van der Waals surface area contributed by atoms with Crippen LogP contribution in [0.4, 0.5) is 5.95 Å². The zero-order chi connectivity index (χ0) is 15.6. The van der Waals surface area contributed by atoms with Crippen LogP contribution in [0.5, 0.6) is 0 Å². The molecule has 7 nitrogen and oxygen atoms in total. The number of carbonyl (C=O) groups excluding carboxylic acids is 1. The maximum Gasteiger partial charge on any atom is 0.249 e. The maximum atomic E-state index is 12.2. The lowest BCUT2D eigenvalue weighted by Crippen LogP contribution is -2.15. The van der Waals surface area contributed by atoms with Crippen molar-refractivity contribution < 1.29 is 9.21 Å². The fraction of sp³-hybridized carbons (Fsp3) is 0.0625. The number of para-hydroxylation sites is 1. The van der Waals surface area contributed by atoms with E-state index in [9.17, 15) is 4.79 Å². The number of hydrogen-bond donors (Lipinski definition) is 3. The van der Waals surface area contributed by atoms with Crippen molar-refractivity contribution in [3.8, 4) is 11.6 Å². The fourth-order valence-electron chi connectivity index (χ4n) is 2.46. The van der Waals surface area contributed by atoms with Crippen LogP contribution in [0.1, 0.15) is 5.56 Å². The molecule has 0 fully saturated rings. The Labute approximate surface area is 130 Å². The van der Waals surface area contributed by atoms with Crippen LogP contribution in [0, 0.1) is 0 Å². The molecule has 1 amide bonds. The van der Waals surface area contributed by atoms with Gasteiger partial charge in [0.15, 0.2) is 11.6 Å². The van der Waals surface area contributed by atoms with Crippen LogP contribution in [-0.4, -0.2) is 26.1 Å². The van der Waals surface area contributed by atoms with Gasteiger partial charge in [-0.25, -0.2) is 0 Å². The van der Waals surface area contributed by atoms with Gasteiger partial charge in [-0.05, 0) is 23.8 Å². The van der Waals surface area contributed by atoms with Crippen molar-refractivity contribution in [3.63, 3.8) is 0 Å². The molecule has 0 saturated heterocycles. The van der Waals surface area contributed by atoms with Crippen LogP contribution < -0.4 is 5.32 Å². The summed E-state index contributed by atoms with van der Waals surface area (Å²) in [4.78, 5) is 19.5. The van der Waals surface area contributed by atoms with Gasteiger partial charge in [0.2, 0.25) is 11.9 Å². The first kappa shape index (κ1) is 13.3. The fourth-order valence-corrected chi connectivity index (χ4v) is 2.46. The minimum atomic E-state index is -0.181. The SMILES string of the molecule is O=C(Cc1c[nH]c2ccccc12)Nc1n[nH]c(-c2ccco2)n1. The summed E-state index contributed by atoms with van der Waals surface area (Å²) in [6.07, 6.45) is 3.64. The topological polar surface area (TPSA) is 99.6 Å². The van der Waals surface area contributed by atoms with Gasteiger partial charge in [-0.15, -0.1) is 5.10 Å². The van der Waals surface area contributed by atoms with Crippen molar-refractivity contribution >= 4 is 22.8 Å². The molecule has 0 aliphatic heterocycles. The first-order valence-corrected chi connectivity index (χ1v) is 7.11. The third-order valence-corrected chi connectivity index (χ3v) is 3.52. The summed E-state index contributed by atoms with van der Waals surface area (Å²) in [5.41, 5.74) is 1.94. The quantitative estimate of drug-likeness (QED) is 0.539. The van der Waals surface area contributed by atoms with Crippen LogP contribution in [0.2, 0.25) is 0 Å². The smallest absolute Gasteiger partial charge is 0.249 e. The second-order valence-corrected chi connectivity index (χ2v) is 5.07. The predicted octanol–water partition coefficient (Wildman–Crippen LogP) is 2.73. The Bertz CT molecular complexity index is 952. The summed E-state index contributed by atoms with van der Waals surface area (Å²) < 4.78 is 5.22. The van der Waals surface area contributed by atoms with Crippen molar-refractivity contribution in [2.45, 2.75) is 6.42 Å². The third kappa shape index (κ3) is 2.59. The van der Waals surface area contributed by atoms with E-state index in [0.717, 1.165) is 16.5 Å². The van der Waals surface area contributed by atoms with Gasteiger partial charge >= 0.3 is 0 Å². The van der Waals surface area contributed by atoms with Gasteiger partial charge in [-0.2, -0.15) is 4.98 Å². The van der Waals surface area contributed by atoms with E-state index in [1.807, 2.05) is 30.5 Å². The number of amides is 1.